The van der Waals surface area contributed by atoms with Gasteiger partial charge in [0.1, 0.15) is 17.6 Å². The Morgan fingerprint density at radius 3 is 2.15 bits per heavy atom. The van der Waals surface area contributed by atoms with Crippen LogP contribution in [0, 0.1) is 0 Å². The molecular weight excluding hydrogens is 436 g/mol. The van der Waals surface area contributed by atoms with Crippen LogP contribution in [0.25, 0.3) is 0 Å². The van der Waals surface area contributed by atoms with Crippen LogP contribution in [0.1, 0.15) is 27.6 Å². The molecule has 0 fully saturated rings. The number of carbonyl (C=O) groups excluding carboxylic acids is 1. The highest BCUT2D eigenvalue weighted by Crippen LogP contribution is 2.41. The van der Waals surface area contributed by atoms with Crippen molar-refractivity contribution >= 4 is 5.97 Å². The maximum Gasteiger partial charge on any atom is 0.338 e. The number of hydrogen-bond acceptors (Lipinski definition) is 10. The number of ether oxygens (including phenoxy) is 2. The van der Waals surface area contributed by atoms with E-state index in [2.05, 4.69) is 0 Å². The van der Waals surface area contributed by atoms with Crippen LogP contribution in [0.3, 0.4) is 0 Å². The van der Waals surface area contributed by atoms with Crippen molar-refractivity contribution < 1.29 is 50.0 Å². The lowest BCUT2D eigenvalue weighted by Crippen LogP contribution is -2.34. The summed E-state index contributed by atoms with van der Waals surface area (Å²) in [6.07, 6.45) is -1.60. The van der Waals surface area contributed by atoms with E-state index in [1.165, 1.54) is 30.3 Å². The zero-order chi connectivity index (χ0) is 24.3. The lowest BCUT2D eigenvalue weighted by atomic mass is 9.94. The Hall–Kier alpha value is -4.31. The second kappa shape index (κ2) is 9.45. The molecule has 1 heterocycles. The first-order chi connectivity index (χ1) is 15.7. The number of fused-ring (bicyclic) bond motifs is 1. The van der Waals surface area contributed by atoms with Crippen LogP contribution in [0.4, 0.5) is 0 Å². The fraction of sp³-hybridized carbons (Fsp3) is 0.174. The van der Waals surface area contributed by atoms with Crippen molar-refractivity contribution in [1.29, 1.82) is 0 Å². The predicted molar refractivity (Wildman–Crippen MR) is 114 cm³/mol. The van der Waals surface area contributed by atoms with Crippen molar-refractivity contribution in [3.8, 4) is 40.2 Å². The van der Waals surface area contributed by atoms with Crippen molar-refractivity contribution in [1.82, 2.24) is 0 Å². The lowest BCUT2D eigenvalue weighted by Gasteiger charge is -2.33. The third kappa shape index (κ3) is 4.80. The summed E-state index contributed by atoms with van der Waals surface area (Å²) in [5.74, 6) is -3.40. The number of aromatic hydroxyl groups is 6. The van der Waals surface area contributed by atoms with Crippen LogP contribution in [-0.4, -0.2) is 54.9 Å². The van der Waals surface area contributed by atoms with Gasteiger partial charge in [-0.15, -0.1) is 0 Å². The molecule has 0 amide bonds. The molecule has 7 N–H and O–H groups in total. The molecule has 2 atom stereocenters. The molecule has 10 nitrogen and oxygen atoms in total. The summed E-state index contributed by atoms with van der Waals surface area (Å²) in [6, 6.07) is 10.4. The first-order valence-corrected chi connectivity index (χ1v) is 9.64. The Labute approximate surface area is 187 Å². The molecule has 0 saturated carbocycles. The van der Waals surface area contributed by atoms with Gasteiger partial charge >= 0.3 is 5.97 Å². The van der Waals surface area contributed by atoms with E-state index in [4.69, 9.17) is 14.6 Å². The van der Waals surface area contributed by atoms with Gasteiger partial charge in [0.25, 0.3) is 0 Å². The molecule has 0 aromatic heterocycles. The van der Waals surface area contributed by atoms with Crippen LogP contribution in [-0.2, 0) is 11.2 Å². The molecule has 3 aromatic carbocycles. The van der Waals surface area contributed by atoms with Gasteiger partial charge < -0.3 is 45.2 Å². The molecule has 1 aliphatic rings. The highest BCUT2D eigenvalue weighted by atomic mass is 16.6. The quantitative estimate of drug-likeness (QED) is 0.228. The van der Waals surface area contributed by atoms with E-state index in [1.807, 2.05) is 0 Å². The molecule has 33 heavy (non-hydrogen) atoms. The number of esters is 1. The van der Waals surface area contributed by atoms with Crippen LogP contribution < -0.4 is 4.74 Å². The summed E-state index contributed by atoms with van der Waals surface area (Å²) in [6.45, 7) is 0. The predicted octanol–water partition coefficient (Wildman–Crippen LogP) is 2.43. The third-order valence-electron chi connectivity index (χ3n) is 4.96. The number of carbonyl (C=O) groups is 1. The number of aliphatic hydroxyl groups is 1. The number of aliphatic hydroxyl groups excluding tert-OH is 1. The zero-order valence-electron chi connectivity index (χ0n) is 17.3. The molecule has 0 unspecified atom stereocenters. The standard InChI is InChI=1S/C22H18O9.CH4O/c23-13-3-1-10-8-19(31-22(29)12-6-16(26)20(28)17(27)7-12)21(30-18(10)9-13)11-2-4-14(24)15(25)5-11;1-2/h1-7,9,19,21,23-28H,8H2;2H,1H3/t19-,21-;/m1./s1. The van der Waals surface area contributed by atoms with E-state index < -0.39 is 35.4 Å². The molecule has 0 spiro atoms. The summed E-state index contributed by atoms with van der Waals surface area (Å²) in [4.78, 5) is 12.7. The molecule has 3 aromatic rings. The molecule has 0 bridgehead atoms. The van der Waals surface area contributed by atoms with Gasteiger partial charge in [0.15, 0.2) is 34.9 Å². The number of phenols is 6. The van der Waals surface area contributed by atoms with Gasteiger partial charge in [-0.1, -0.05) is 12.1 Å². The van der Waals surface area contributed by atoms with Crippen molar-refractivity contribution in [3.63, 3.8) is 0 Å². The Morgan fingerprint density at radius 1 is 0.848 bits per heavy atom. The molecule has 0 radical (unpaired) electrons. The molecular formula is C23H22O10. The van der Waals surface area contributed by atoms with E-state index >= 15 is 0 Å². The molecule has 1 aliphatic heterocycles. The second-order valence-electron chi connectivity index (χ2n) is 7.09. The van der Waals surface area contributed by atoms with E-state index in [0.717, 1.165) is 19.2 Å². The van der Waals surface area contributed by atoms with Crippen molar-refractivity contribution in [2.45, 2.75) is 18.6 Å². The Kier molecular flexibility index (Phi) is 6.69. The normalized spacial score (nSPS) is 16.5. The largest absolute Gasteiger partial charge is 0.508 e. The van der Waals surface area contributed by atoms with E-state index in [9.17, 15) is 35.4 Å². The monoisotopic (exact) mass is 458 g/mol. The maximum absolute atomic E-state index is 12.7. The van der Waals surface area contributed by atoms with E-state index in [-0.39, 0.29) is 29.2 Å². The van der Waals surface area contributed by atoms with Gasteiger partial charge in [0, 0.05) is 25.2 Å². The maximum atomic E-state index is 12.7. The van der Waals surface area contributed by atoms with E-state index in [0.29, 0.717) is 16.9 Å². The van der Waals surface area contributed by atoms with Gasteiger partial charge in [0.2, 0.25) is 0 Å². The Bertz CT molecular complexity index is 1150. The number of rotatable bonds is 3. The van der Waals surface area contributed by atoms with Crippen molar-refractivity contribution in [2.75, 3.05) is 7.11 Å². The van der Waals surface area contributed by atoms with Gasteiger partial charge in [-0.25, -0.2) is 4.79 Å². The fourth-order valence-electron chi connectivity index (χ4n) is 3.39. The summed E-state index contributed by atoms with van der Waals surface area (Å²) >= 11 is 0. The number of phenolic OH excluding ortho intramolecular Hbond substituents is 6. The van der Waals surface area contributed by atoms with Crippen LogP contribution in [0.5, 0.6) is 40.2 Å². The average Bonchev–Trinajstić information content (AvgIpc) is 2.80. The second-order valence-corrected chi connectivity index (χ2v) is 7.09. The first kappa shape index (κ1) is 23.4. The van der Waals surface area contributed by atoms with Crippen molar-refractivity contribution in [2.24, 2.45) is 0 Å². The Morgan fingerprint density at radius 2 is 1.52 bits per heavy atom. The van der Waals surface area contributed by atoms with Gasteiger partial charge in [0.05, 0.1) is 5.56 Å². The summed E-state index contributed by atoms with van der Waals surface area (Å²) in [5.41, 5.74) is 0.862. The Balaban J connectivity index is 0.00000149. The molecule has 0 aliphatic carbocycles. The fourth-order valence-corrected chi connectivity index (χ4v) is 3.39. The van der Waals surface area contributed by atoms with Crippen LogP contribution >= 0.6 is 0 Å². The van der Waals surface area contributed by atoms with E-state index in [1.54, 1.807) is 6.07 Å². The SMILES string of the molecule is CO.O=C(O[C@@H]1Cc2ccc(O)cc2O[C@@H]1c1ccc(O)c(O)c1)c1cc(O)c(O)c(O)c1. The minimum Gasteiger partial charge on any atom is -0.508 e. The summed E-state index contributed by atoms with van der Waals surface area (Å²) < 4.78 is 11.5. The zero-order valence-corrected chi connectivity index (χ0v) is 17.3. The molecule has 174 valence electrons. The third-order valence-corrected chi connectivity index (χ3v) is 4.96. The minimum absolute atomic E-state index is 0.0171. The molecule has 0 saturated heterocycles. The topological polar surface area (TPSA) is 177 Å². The van der Waals surface area contributed by atoms with Gasteiger partial charge in [-0.2, -0.15) is 0 Å². The highest BCUT2D eigenvalue weighted by Gasteiger charge is 2.35. The molecule has 10 heteroatoms. The van der Waals surface area contributed by atoms with Gasteiger partial charge in [-0.3, -0.25) is 0 Å². The highest BCUT2D eigenvalue weighted by molar-refractivity contribution is 5.91. The van der Waals surface area contributed by atoms with Crippen LogP contribution in [0.2, 0.25) is 0 Å². The lowest BCUT2D eigenvalue weighted by molar-refractivity contribution is -0.0184. The number of benzene rings is 3. The van der Waals surface area contributed by atoms with Crippen LogP contribution in [0.15, 0.2) is 48.5 Å². The smallest absolute Gasteiger partial charge is 0.338 e. The molecule has 4 rings (SSSR count). The van der Waals surface area contributed by atoms with Gasteiger partial charge in [-0.05, 0) is 35.9 Å². The summed E-state index contributed by atoms with van der Waals surface area (Å²) in [5, 5.41) is 65.0. The number of hydrogen-bond donors (Lipinski definition) is 7. The first-order valence-electron chi connectivity index (χ1n) is 9.64. The summed E-state index contributed by atoms with van der Waals surface area (Å²) in [7, 11) is 1.00. The van der Waals surface area contributed by atoms with Crippen molar-refractivity contribution in [3.05, 3.63) is 65.2 Å². The average molecular weight is 458 g/mol. The minimum atomic E-state index is -0.899.